The van der Waals surface area contributed by atoms with Crippen molar-refractivity contribution in [2.45, 2.75) is 46.1 Å². The standard InChI is InChI=1S/C19H26O6/c1-10-5-6-14(11(2)9-24-12(3)21)19(25-13(4)22)18-15(10)7-17(23)16(18)8-20/h10,14-15,19-20H,2,5-9H2,1,3-4H3/t10-,14+,15-,19-/m1/s1. The first-order chi connectivity index (χ1) is 11.8. The summed E-state index contributed by atoms with van der Waals surface area (Å²) in [6, 6.07) is 0. The molecule has 2 aliphatic rings. The van der Waals surface area contributed by atoms with Crippen molar-refractivity contribution in [2.24, 2.45) is 17.8 Å². The highest BCUT2D eigenvalue weighted by Gasteiger charge is 2.45. The minimum atomic E-state index is -0.649. The van der Waals surface area contributed by atoms with Crippen LogP contribution in [-0.2, 0) is 23.9 Å². The van der Waals surface area contributed by atoms with E-state index in [-0.39, 0.29) is 36.8 Å². The van der Waals surface area contributed by atoms with Crippen LogP contribution in [0.4, 0.5) is 0 Å². The second-order valence-electron chi connectivity index (χ2n) is 6.96. The van der Waals surface area contributed by atoms with Gasteiger partial charge in [-0.1, -0.05) is 13.5 Å². The average Bonchev–Trinajstić information content (AvgIpc) is 2.81. The summed E-state index contributed by atoms with van der Waals surface area (Å²) in [7, 11) is 0. The monoisotopic (exact) mass is 350 g/mol. The van der Waals surface area contributed by atoms with E-state index in [0.717, 1.165) is 12.0 Å². The van der Waals surface area contributed by atoms with Gasteiger partial charge in [0.15, 0.2) is 5.78 Å². The van der Waals surface area contributed by atoms with E-state index in [1.807, 2.05) is 0 Å². The maximum Gasteiger partial charge on any atom is 0.303 e. The summed E-state index contributed by atoms with van der Waals surface area (Å²) in [5.74, 6) is -1.00. The van der Waals surface area contributed by atoms with Gasteiger partial charge < -0.3 is 14.6 Å². The molecule has 0 aromatic carbocycles. The second kappa shape index (κ2) is 7.95. The van der Waals surface area contributed by atoms with E-state index in [1.54, 1.807) is 0 Å². The number of carbonyl (C=O) groups excluding carboxylic acids is 3. The van der Waals surface area contributed by atoms with Gasteiger partial charge in [-0.3, -0.25) is 14.4 Å². The number of hydrogen-bond donors (Lipinski definition) is 1. The largest absolute Gasteiger partial charge is 0.461 e. The molecule has 1 fully saturated rings. The van der Waals surface area contributed by atoms with Gasteiger partial charge in [-0.25, -0.2) is 0 Å². The molecule has 4 atom stereocenters. The van der Waals surface area contributed by atoms with Crippen LogP contribution in [0.2, 0.25) is 0 Å². The van der Waals surface area contributed by atoms with E-state index in [4.69, 9.17) is 9.47 Å². The summed E-state index contributed by atoms with van der Waals surface area (Å²) in [6.07, 6.45) is 1.24. The van der Waals surface area contributed by atoms with E-state index in [2.05, 4.69) is 13.5 Å². The van der Waals surface area contributed by atoms with E-state index in [1.165, 1.54) is 13.8 Å². The van der Waals surface area contributed by atoms with E-state index in [9.17, 15) is 19.5 Å². The number of carbonyl (C=O) groups is 3. The summed E-state index contributed by atoms with van der Waals surface area (Å²) < 4.78 is 10.6. The van der Waals surface area contributed by atoms with Crippen LogP contribution in [-0.4, -0.2) is 42.1 Å². The van der Waals surface area contributed by atoms with Gasteiger partial charge in [-0.15, -0.1) is 0 Å². The predicted octanol–water partition coefficient (Wildman–Crippen LogP) is 1.96. The van der Waals surface area contributed by atoms with Crippen molar-refractivity contribution < 1.29 is 29.0 Å². The van der Waals surface area contributed by atoms with Crippen molar-refractivity contribution in [3.63, 3.8) is 0 Å². The van der Waals surface area contributed by atoms with E-state index in [0.29, 0.717) is 24.0 Å². The lowest BCUT2D eigenvalue weighted by Crippen LogP contribution is -2.32. The zero-order valence-corrected chi connectivity index (χ0v) is 15.0. The highest BCUT2D eigenvalue weighted by molar-refractivity contribution is 5.99. The molecular weight excluding hydrogens is 324 g/mol. The molecule has 2 aliphatic carbocycles. The fourth-order valence-electron chi connectivity index (χ4n) is 3.94. The van der Waals surface area contributed by atoms with Crippen LogP contribution in [0, 0.1) is 17.8 Å². The molecular formula is C19H26O6. The SMILES string of the molecule is C=C(COC(C)=O)[C@@H]1CC[C@@H](C)[C@H]2CC(=O)C(CO)=C2[C@@H]1OC(C)=O. The van der Waals surface area contributed by atoms with Gasteiger partial charge in [-0.05, 0) is 35.8 Å². The maximum atomic E-state index is 12.3. The third kappa shape index (κ3) is 4.18. The summed E-state index contributed by atoms with van der Waals surface area (Å²) in [6.45, 7) is 8.42. The Morgan fingerprint density at radius 3 is 2.48 bits per heavy atom. The molecule has 6 heteroatoms. The number of Topliss-reactive ketones (excluding diaryl/α,β-unsaturated/α-hetero) is 1. The molecule has 0 bridgehead atoms. The normalized spacial score (nSPS) is 29.0. The molecule has 0 aromatic rings. The Morgan fingerprint density at radius 2 is 1.92 bits per heavy atom. The van der Waals surface area contributed by atoms with Gasteiger partial charge in [-0.2, -0.15) is 0 Å². The molecule has 0 spiro atoms. The van der Waals surface area contributed by atoms with Gasteiger partial charge in [0.2, 0.25) is 0 Å². The third-order valence-electron chi connectivity index (χ3n) is 5.22. The molecule has 0 aromatic heterocycles. The van der Waals surface area contributed by atoms with Crippen LogP contribution >= 0.6 is 0 Å². The Kier molecular flexibility index (Phi) is 6.16. The summed E-state index contributed by atoms with van der Waals surface area (Å²) in [5, 5.41) is 9.70. The first kappa shape index (κ1) is 19.4. The van der Waals surface area contributed by atoms with Crippen molar-refractivity contribution in [2.75, 3.05) is 13.2 Å². The number of fused-ring (bicyclic) bond motifs is 1. The Bertz CT molecular complexity index is 617. The smallest absolute Gasteiger partial charge is 0.303 e. The molecule has 0 radical (unpaired) electrons. The van der Waals surface area contributed by atoms with Crippen molar-refractivity contribution in [3.8, 4) is 0 Å². The number of hydrogen-bond acceptors (Lipinski definition) is 6. The van der Waals surface area contributed by atoms with Crippen LogP contribution in [0.1, 0.15) is 40.0 Å². The minimum Gasteiger partial charge on any atom is -0.461 e. The molecule has 1 saturated carbocycles. The Morgan fingerprint density at radius 1 is 1.24 bits per heavy atom. The quantitative estimate of drug-likeness (QED) is 0.602. The molecule has 6 nitrogen and oxygen atoms in total. The number of aliphatic hydroxyl groups is 1. The van der Waals surface area contributed by atoms with Crippen molar-refractivity contribution in [1.29, 1.82) is 0 Å². The average molecular weight is 350 g/mol. The Balaban J connectivity index is 2.43. The highest BCUT2D eigenvalue weighted by Crippen LogP contribution is 2.46. The molecule has 0 amide bonds. The number of aliphatic hydroxyl groups excluding tert-OH is 1. The summed E-state index contributed by atoms with van der Waals surface area (Å²) in [5.41, 5.74) is 1.73. The van der Waals surface area contributed by atoms with Crippen LogP contribution in [0.25, 0.3) is 0 Å². The predicted molar refractivity (Wildman–Crippen MR) is 90.4 cm³/mol. The first-order valence-corrected chi connectivity index (χ1v) is 8.61. The summed E-state index contributed by atoms with van der Waals surface area (Å²) in [4.78, 5) is 35.1. The fourth-order valence-corrected chi connectivity index (χ4v) is 3.94. The number of ether oxygens (including phenoxy) is 2. The van der Waals surface area contributed by atoms with Gasteiger partial charge >= 0.3 is 11.9 Å². The molecule has 0 aliphatic heterocycles. The highest BCUT2D eigenvalue weighted by atomic mass is 16.5. The lowest BCUT2D eigenvalue weighted by molar-refractivity contribution is -0.147. The number of rotatable bonds is 5. The van der Waals surface area contributed by atoms with E-state index >= 15 is 0 Å². The van der Waals surface area contributed by atoms with Crippen LogP contribution in [0.15, 0.2) is 23.3 Å². The van der Waals surface area contributed by atoms with Crippen molar-refractivity contribution in [1.82, 2.24) is 0 Å². The van der Waals surface area contributed by atoms with Crippen molar-refractivity contribution >= 4 is 17.7 Å². The molecule has 25 heavy (non-hydrogen) atoms. The second-order valence-corrected chi connectivity index (χ2v) is 6.96. The topological polar surface area (TPSA) is 89.9 Å². The Hall–Kier alpha value is -1.95. The van der Waals surface area contributed by atoms with E-state index < -0.39 is 18.0 Å². The first-order valence-electron chi connectivity index (χ1n) is 8.61. The van der Waals surface area contributed by atoms with Gasteiger partial charge in [0, 0.05) is 31.8 Å². The lowest BCUT2D eigenvalue weighted by Gasteiger charge is -2.29. The minimum absolute atomic E-state index is 0.0366. The van der Waals surface area contributed by atoms with Crippen molar-refractivity contribution in [3.05, 3.63) is 23.3 Å². The molecule has 1 N–H and O–H groups in total. The van der Waals surface area contributed by atoms with Crippen LogP contribution < -0.4 is 0 Å². The van der Waals surface area contributed by atoms with Gasteiger partial charge in [0.25, 0.3) is 0 Å². The fraction of sp³-hybridized carbons (Fsp3) is 0.632. The van der Waals surface area contributed by atoms with Crippen LogP contribution in [0.3, 0.4) is 0 Å². The molecule has 2 rings (SSSR count). The number of esters is 2. The number of ketones is 1. The molecule has 138 valence electrons. The molecule has 0 heterocycles. The molecule has 0 saturated heterocycles. The zero-order valence-electron chi connectivity index (χ0n) is 15.0. The summed E-state index contributed by atoms with van der Waals surface area (Å²) >= 11 is 0. The van der Waals surface area contributed by atoms with Crippen LogP contribution in [0.5, 0.6) is 0 Å². The third-order valence-corrected chi connectivity index (χ3v) is 5.22. The van der Waals surface area contributed by atoms with Gasteiger partial charge in [0.1, 0.15) is 12.7 Å². The molecule has 0 unspecified atom stereocenters. The Labute approximate surface area is 147 Å². The van der Waals surface area contributed by atoms with Gasteiger partial charge in [0.05, 0.1) is 6.61 Å². The maximum absolute atomic E-state index is 12.3. The zero-order chi connectivity index (χ0) is 18.7. The lowest BCUT2D eigenvalue weighted by atomic mass is 9.84.